The monoisotopic (exact) mass is 252 g/mol. The largest absolute Gasteiger partial charge is 0.497 e. The van der Waals surface area contributed by atoms with Gasteiger partial charge in [-0.1, -0.05) is 6.07 Å². The summed E-state index contributed by atoms with van der Waals surface area (Å²) in [5.74, 6) is 1.46. The topological polar surface area (TPSA) is 73.6 Å². The normalized spacial score (nSPS) is 9.94. The number of hydrogen-bond acceptors (Lipinski definition) is 4. The lowest BCUT2D eigenvalue weighted by atomic mass is 10.2. The molecule has 0 aliphatic carbocycles. The van der Waals surface area contributed by atoms with Crippen molar-refractivity contribution in [1.29, 1.82) is 0 Å². The number of amides is 1. The highest BCUT2D eigenvalue weighted by Gasteiger charge is 2.05. The Hall–Kier alpha value is -1.75. The number of nitrogens with one attached hydrogen (secondary N) is 1. The second kappa shape index (κ2) is 7.55. The second-order valence-electron chi connectivity index (χ2n) is 3.80. The van der Waals surface area contributed by atoms with Gasteiger partial charge in [0.1, 0.15) is 11.5 Å². The molecule has 0 aromatic heterocycles. The van der Waals surface area contributed by atoms with E-state index in [0.717, 1.165) is 11.3 Å². The van der Waals surface area contributed by atoms with Gasteiger partial charge in [0.25, 0.3) is 0 Å². The maximum Gasteiger partial charge on any atom is 0.219 e. The third-order valence-electron chi connectivity index (χ3n) is 2.58. The van der Waals surface area contributed by atoms with Gasteiger partial charge in [0.2, 0.25) is 5.91 Å². The molecule has 0 aliphatic heterocycles. The van der Waals surface area contributed by atoms with Gasteiger partial charge in [0.15, 0.2) is 0 Å². The third-order valence-corrected chi connectivity index (χ3v) is 2.58. The molecule has 0 unspecified atom stereocenters. The molecule has 0 saturated carbocycles. The standard InChI is InChI=1S/C13H20N2O3/c1-15-13(16)4-3-7-18-12-8-11(17-2)6-5-10(12)9-14/h5-6,8H,3-4,7,9,14H2,1-2H3,(H,15,16). The summed E-state index contributed by atoms with van der Waals surface area (Å²) in [5.41, 5.74) is 6.56. The van der Waals surface area contributed by atoms with Crippen LogP contribution in [0.3, 0.4) is 0 Å². The van der Waals surface area contributed by atoms with Crippen molar-refractivity contribution in [3.8, 4) is 11.5 Å². The van der Waals surface area contributed by atoms with Gasteiger partial charge in [-0.3, -0.25) is 4.79 Å². The van der Waals surface area contributed by atoms with Crippen molar-refractivity contribution in [2.24, 2.45) is 5.73 Å². The third kappa shape index (κ3) is 4.25. The summed E-state index contributed by atoms with van der Waals surface area (Å²) in [6.07, 6.45) is 1.12. The van der Waals surface area contributed by atoms with E-state index in [1.807, 2.05) is 18.2 Å². The van der Waals surface area contributed by atoms with Crippen molar-refractivity contribution >= 4 is 5.91 Å². The average molecular weight is 252 g/mol. The first-order valence-electron chi connectivity index (χ1n) is 5.91. The summed E-state index contributed by atoms with van der Waals surface area (Å²) in [4.78, 5) is 11.0. The van der Waals surface area contributed by atoms with E-state index in [1.165, 1.54) is 0 Å². The maximum atomic E-state index is 11.0. The molecular formula is C13H20N2O3. The molecule has 0 bridgehead atoms. The van der Waals surface area contributed by atoms with Gasteiger partial charge >= 0.3 is 0 Å². The van der Waals surface area contributed by atoms with E-state index in [1.54, 1.807) is 14.2 Å². The van der Waals surface area contributed by atoms with Gasteiger partial charge in [-0.2, -0.15) is 0 Å². The highest BCUT2D eigenvalue weighted by molar-refractivity contribution is 5.75. The van der Waals surface area contributed by atoms with E-state index in [4.69, 9.17) is 15.2 Å². The molecule has 0 heterocycles. The Bertz CT molecular complexity index is 394. The fourth-order valence-corrected chi connectivity index (χ4v) is 1.50. The first kappa shape index (κ1) is 14.3. The van der Waals surface area contributed by atoms with Crippen molar-refractivity contribution < 1.29 is 14.3 Å². The van der Waals surface area contributed by atoms with E-state index in [-0.39, 0.29) is 5.91 Å². The van der Waals surface area contributed by atoms with Gasteiger partial charge in [-0.05, 0) is 12.5 Å². The van der Waals surface area contributed by atoms with E-state index in [9.17, 15) is 4.79 Å². The number of carbonyl (C=O) groups excluding carboxylic acids is 1. The van der Waals surface area contributed by atoms with Crippen LogP contribution in [0.2, 0.25) is 0 Å². The SMILES string of the molecule is CNC(=O)CCCOc1cc(OC)ccc1CN. The van der Waals surface area contributed by atoms with Crippen molar-refractivity contribution in [2.75, 3.05) is 20.8 Å². The van der Waals surface area contributed by atoms with Crippen LogP contribution in [0.15, 0.2) is 18.2 Å². The lowest BCUT2D eigenvalue weighted by molar-refractivity contribution is -0.120. The molecule has 0 aliphatic rings. The quantitative estimate of drug-likeness (QED) is 0.712. The molecular weight excluding hydrogens is 232 g/mol. The van der Waals surface area contributed by atoms with Gasteiger partial charge < -0.3 is 20.5 Å². The molecule has 0 atom stereocenters. The zero-order chi connectivity index (χ0) is 13.4. The molecule has 18 heavy (non-hydrogen) atoms. The molecule has 5 nitrogen and oxygen atoms in total. The van der Waals surface area contributed by atoms with Gasteiger partial charge in [-0.25, -0.2) is 0 Å². The van der Waals surface area contributed by atoms with Crippen molar-refractivity contribution in [3.05, 3.63) is 23.8 Å². The van der Waals surface area contributed by atoms with Gasteiger partial charge in [0.05, 0.1) is 13.7 Å². The first-order chi connectivity index (χ1) is 8.71. The van der Waals surface area contributed by atoms with Crippen LogP contribution in [0.25, 0.3) is 0 Å². The van der Waals surface area contributed by atoms with Crippen molar-refractivity contribution in [2.45, 2.75) is 19.4 Å². The van der Waals surface area contributed by atoms with Crippen LogP contribution >= 0.6 is 0 Å². The Morgan fingerprint density at radius 1 is 1.44 bits per heavy atom. The molecule has 0 radical (unpaired) electrons. The lowest BCUT2D eigenvalue weighted by Crippen LogP contribution is -2.18. The Morgan fingerprint density at radius 3 is 2.83 bits per heavy atom. The van der Waals surface area contributed by atoms with Crippen LogP contribution in [0, 0.1) is 0 Å². The molecule has 0 spiro atoms. The van der Waals surface area contributed by atoms with E-state index >= 15 is 0 Å². The minimum Gasteiger partial charge on any atom is -0.497 e. The first-order valence-corrected chi connectivity index (χ1v) is 5.91. The summed E-state index contributed by atoms with van der Waals surface area (Å²) in [5, 5.41) is 2.57. The van der Waals surface area contributed by atoms with Crippen molar-refractivity contribution in [3.63, 3.8) is 0 Å². The predicted octanol–water partition coefficient (Wildman–Crippen LogP) is 1.06. The van der Waals surface area contributed by atoms with Crippen LogP contribution < -0.4 is 20.5 Å². The highest BCUT2D eigenvalue weighted by atomic mass is 16.5. The Morgan fingerprint density at radius 2 is 2.22 bits per heavy atom. The van der Waals surface area contributed by atoms with E-state index in [2.05, 4.69) is 5.32 Å². The molecule has 1 aromatic rings. The lowest BCUT2D eigenvalue weighted by Gasteiger charge is -2.11. The minimum atomic E-state index is 0.0169. The summed E-state index contributed by atoms with van der Waals surface area (Å²) in [6.45, 7) is 0.891. The zero-order valence-corrected chi connectivity index (χ0v) is 10.9. The average Bonchev–Trinajstić information content (AvgIpc) is 2.42. The van der Waals surface area contributed by atoms with Crippen LogP contribution in [-0.2, 0) is 11.3 Å². The Kier molecular flexibility index (Phi) is 6.00. The Labute approximate surface area is 107 Å². The van der Waals surface area contributed by atoms with Crippen LogP contribution in [-0.4, -0.2) is 26.7 Å². The molecule has 5 heteroatoms. The van der Waals surface area contributed by atoms with Gasteiger partial charge in [-0.15, -0.1) is 0 Å². The maximum absolute atomic E-state index is 11.0. The van der Waals surface area contributed by atoms with Crippen LogP contribution in [0.5, 0.6) is 11.5 Å². The predicted molar refractivity (Wildman–Crippen MR) is 69.7 cm³/mol. The molecule has 0 fully saturated rings. The second-order valence-corrected chi connectivity index (χ2v) is 3.80. The number of carbonyl (C=O) groups is 1. The zero-order valence-electron chi connectivity index (χ0n) is 10.9. The smallest absolute Gasteiger partial charge is 0.219 e. The van der Waals surface area contributed by atoms with Crippen LogP contribution in [0.1, 0.15) is 18.4 Å². The molecule has 1 rings (SSSR count). The van der Waals surface area contributed by atoms with Crippen LogP contribution in [0.4, 0.5) is 0 Å². The molecule has 3 N–H and O–H groups in total. The fourth-order valence-electron chi connectivity index (χ4n) is 1.50. The summed E-state index contributed by atoms with van der Waals surface area (Å²) in [6, 6.07) is 5.54. The van der Waals surface area contributed by atoms with E-state index in [0.29, 0.717) is 31.7 Å². The molecule has 0 saturated heterocycles. The van der Waals surface area contributed by atoms with Gasteiger partial charge in [0, 0.05) is 31.6 Å². The number of rotatable bonds is 7. The Balaban J connectivity index is 2.52. The highest BCUT2D eigenvalue weighted by Crippen LogP contribution is 2.24. The summed E-state index contributed by atoms with van der Waals surface area (Å²) in [7, 11) is 3.23. The minimum absolute atomic E-state index is 0.0169. The molecule has 1 aromatic carbocycles. The summed E-state index contributed by atoms with van der Waals surface area (Å²) >= 11 is 0. The summed E-state index contributed by atoms with van der Waals surface area (Å²) < 4.78 is 10.8. The van der Waals surface area contributed by atoms with E-state index < -0.39 is 0 Å². The number of ether oxygens (including phenoxy) is 2. The number of benzene rings is 1. The number of nitrogens with two attached hydrogens (primary N) is 1. The number of methoxy groups -OCH3 is 1. The molecule has 1 amide bonds. The fraction of sp³-hybridized carbons (Fsp3) is 0.462. The van der Waals surface area contributed by atoms with Crippen molar-refractivity contribution in [1.82, 2.24) is 5.32 Å². The number of hydrogen-bond donors (Lipinski definition) is 2. The molecule has 100 valence electrons.